The van der Waals surface area contributed by atoms with Gasteiger partial charge >= 0.3 is 0 Å². The molecule has 3 aromatic carbocycles. The highest BCUT2D eigenvalue weighted by Crippen LogP contribution is 2.34. The summed E-state index contributed by atoms with van der Waals surface area (Å²) in [5.41, 5.74) is 1.20. The van der Waals surface area contributed by atoms with Crippen molar-refractivity contribution in [1.29, 1.82) is 0 Å². The number of rotatable bonds is 3. The van der Waals surface area contributed by atoms with Crippen molar-refractivity contribution in [2.75, 3.05) is 25.0 Å². The lowest BCUT2D eigenvalue weighted by Gasteiger charge is -2.33. The van der Waals surface area contributed by atoms with Crippen LogP contribution in [0.2, 0.25) is 0 Å². The van der Waals surface area contributed by atoms with E-state index in [1.807, 2.05) is 30.3 Å². The number of anilines is 1. The van der Waals surface area contributed by atoms with Gasteiger partial charge in [-0.2, -0.15) is 4.31 Å². The maximum Gasteiger partial charge on any atom is 0.244 e. The SMILES string of the molecule is CN1C(C(=O)c2ccc3ccccc3c2)C(=O)c2ccc(N3CCCCC3)cc2S1(=O)=O. The third kappa shape index (κ3) is 3.32. The lowest BCUT2D eigenvalue weighted by atomic mass is 9.94. The van der Waals surface area contributed by atoms with Crippen molar-refractivity contribution in [1.82, 2.24) is 4.31 Å². The standard InChI is InChI=1S/C25H24N2O4S/c1-26-23(24(28)19-10-9-17-7-3-4-8-18(17)15-19)25(29)21-12-11-20(16-22(21)32(26,30)31)27-13-5-2-6-14-27/h3-4,7-12,15-16,23H,2,5-6,13-14H2,1H3. The monoisotopic (exact) mass is 448 g/mol. The van der Waals surface area contributed by atoms with E-state index in [1.54, 1.807) is 30.3 Å². The number of sulfonamides is 1. The Morgan fingerprint density at radius 2 is 1.62 bits per heavy atom. The summed E-state index contributed by atoms with van der Waals surface area (Å²) in [7, 11) is -2.68. The first kappa shape index (κ1) is 20.8. The molecule has 3 aromatic rings. The van der Waals surface area contributed by atoms with Crippen LogP contribution in [0.1, 0.15) is 40.0 Å². The number of ketones is 2. The van der Waals surface area contributed by atoms with Crippen molar-refractivity contribution in [3.05, 3.63) is 71.8 Å². The highest BCUT2D eigenvalue weighted by molar-refractivity contribution is 7.89. The quantitative estimate of drug-likeness (QED) is 0.449. The third-order valence-electron chi connectivity index (χ3n) is 6.50. The van der Waals surface area contributed by atoms with E-state index >= 15 is 0 Å². The molecule has 164 valence electrons. The number of nitrogens with zero attached hydrogens (tertiary/aromatic N) is 2. The van der Waals surface area contributed by atoms with Crippen LogP contribution in [0.3, 0.4) is 0 Å². The topological polar surface area (TPSA) is 74.8 Å². The highest BCUT2D eigenvalue weighted by atomic mass is 32.2. The van der Waals surface area contributed by atoms with E-state index in [1.165, 1.54) is 13.5 Å². The number of carbonyl (C=O) groups excluding carboxylic acids is 2. The summed E-state index contributed by atoms with van der Waals surface area (Å²) in [6.07, 6.45) is 3.29. The Hall–Kier alpha value is -3.03. The van der Waals surface area contributed by atoms with Crippen molar-refractivity contribution in [3.8, 4) is 0 Å². The fourth-order valence-electron chi connectivity index (χ4n) is 4.67. The van der Waals surface area contributed by atoms with Crippen LogP contribution in [-0.2, 0) is 10.0 Å². The van der Waals surface area contributed by atoms with Crippen LogP contribution in [-0.4, -0.2) is 50.5 Å². The van der Waals surface area contributed by atoms with Crippen LogP contribution in [0.25, 0.3) is 10.8 Å². The molecule has 7 heteroatoms. The first-order valence-electron chi connectivity index (χ1n) is 10.8. The van der Waals surface area contributed by atoms with E-state index in [2.05, 4.69) is 4.90 Å². The molecule has 5 rings (SSSR count). The third-order valence-corrected chi connectivity index (χ3v) is 8.37. The smallest absolute Gasteiger partial charge is 0.244 e. The number of piperidine rings is 1. The molecule has 6 nitrogen and oxygen atoms in total. The normalized spacial score (nSPS) is 20.8. The number of hydrogen-bond donors (Lipinski definition) is 0. The Balaban J connectivity index is 1.54. The lowest BCUT2D eigenvalue weighted by Crippen LogP contribution is -2.51. The minimum atomic E-state index is -3.99. The van der Waals surface area contributed by atoms with Gasteiger partial charge in [-0.05, 0) is 54.3 Å². The molecule has 1 saturated heterocycles. The van der Waals surface area contributed by atoms with Gasteiger partial charge in [0.05, 0.1) is 4.90 Å². The molecule has 0 bridgehead atoms. The predicted molar refractivity (Wildman–Crippen MR) is 124 cm³/mol. The molecule has 2 heterocycles. The van der Waals surface area contributed by atoms with Gasteiger partial charge in [0.2, 0.25) is 10.0 Å². The number of likely N-dealkylation sites (N-methyl/N-ethyl adjacent to an activating group) is 1. The molecule has 1 atom stereocenters. The van der Waals surface area contributed by atoms with Crippen molar-refractivity contribution < 1.29 is 18.0 Å². The summed E-state index contributed by atoms with van der Waals surface area (Å²) >= 11 is 0. The maximum absolute atomic E-state index is 13.3. The number of fused-ring (bicyclic) bond motifs is 2. The number of hydrogen-bond acceptors (Lipinski definition) is 5. The molecule has 1 unspecified atom stereocenters. The van der Waals surface area contributed by atoms with Crippen LogP contribution in [0.4, 0.5) is 5.69 Å². The van der Waals surface area contributed by atoms with Crippen LogP contribution in [0.5, 0.6) is 0 Å². The van der Waals surface area contributed by atoms with Gasteiger partial charge in [0.25, 0.3) is 0 Å². The van der Waals surface area contributed by atoms with E-state index in [0.717, 1.165) is 46.7 Å². The van der Waals surface area contributed by atoms with Crippen molar-refractivity contribution in [3.63, 3.8) is 0 Å². The number of benzene rings is 3. The Bertz CT molecular complexity index is 1340. The molecule has 32 heavy (non-hydrogen) atoms. The molecule has 0 aromatic heterocycles. The Morgan fingerprint density at radius 1 is 0.906 bits per heavy atom. The van der Waals surface area contributed by atoms with Crippen LogP contribution >= 0.6 is 0 Å². The molecule has 2 aliphatic heterocycles. The zero-order valence-electron chi connectivity index (χ0n) is 17.8. The van der Waals surface area contributed by atoms with E-state index < -0.39 is 27.6 Å². The second kappa shape index (κ2) is 7.83. The first-order chi connectivity index (χ1) is 15.4. The van der Waals surface area contributed by atoms with Gasteiger partial charge in [-0.1, -0.05) is 36.4 Å². The van der Waals surface area contributed by atoms with Gasteiger partial charge in [0.1, 0.15) is 0 Å². The van der Waals surface area contributed by atoms with E-state index in [0.29, 0.717) is 5.56 Å². The highest BCUT2D eigenvalue weighted by Gasteiger charge is 2.45. The second-order valence-electron chi connectivity index (χ2n) is 8.44. The second-order valence-corrected chi connectivity index (χ2v) is 10.4. The molecular weight excluding hydrogens is 424 g/mol. The van der Waals surface area contributed by atoms with Gasteiger partial charge < -0.3 is 4.90 Å². The van der Waals surface area contributed by atoms with Crippen molar-refractivity contribution in [2.45, 2.75) is 30.2 Å². The summed E-state index contributed by atoms with van der Waals surface area (Å²) in [6.45, 7) is 1.73. The molecular formula is C25H24N2O4S. The average Bonchev–Trinajstić information content (AvgIpc) is 2.83. The number of Topliss-reactive ketones (excluding diaryl/α,β-unsaturated/α-hetero) is 2. The average molecular weight is 449 g/mol. The Kier molecular flexibility index (Phi) is 5.10. The van der Waals surface area contributed by atoms with Crippen molar-refractivity contribution in [2.24, 2.45) is 0 Å². The first-order valence-corrected chi connectivity index (χ1v) is 12.3. The molecule has 0 amide bonds. The molecule has 0 aliphatic carbocycles. The van der Waals surface area contributed by atoms with Crippen LogP contribution in [0.15, 0.2) is 65.6 Å². The largest absolute Gasteiger partial charge is 0.372 e. The molecule has 0 spiro atoms. The summed E-state index contributed by atoms with van der Waals surface area (Å²) in [5.74, 6) is -1.00. The maximum atomic E-state index is 13.3. The van der Waals surface area contributed by atoms with Crippen LogP contribution in [0, 0.1) is 0 Å². The summed E-state index contributed by atoms with van der Waals surface area (Å²) < 4.78 is 27.6. The molecule has 0 saturated carbocycles. The van der Waals surface area contributed by atoms with Crippen molar-refractivity contribution >= 4 is 38.0 Å². The molecule has 1 fully saturated rings. The minimum absolute atomic E-state index is 0.0179. The Labute approximate surface area is 187 Å². The van der Waals surface area contributed by atoms with E-state index in [-0.39, 0.29) is 10.5 Å². The molecule has 0 N–H and O–H groups in total. The molecule has 2 aliphatic rings. The van der Waals surface area contributed by atoms with Gasteiger partial charge in [-0.15, -0.1) is 0 Å². The Morgan fingerprint density at radius 3 is 2.38 bits per heavy atom. The fraction of sp³-hybridized carbons (Fsp3) is 0.280. The van der Waals surface area contributed by atoms with Crippen LogP contribution < -0.4 is 4.90 Å². The number of carbonyl (C=O) groups is 2. The zero-order valence-corrected chi connectivity index (χ0v) is 18.6. The van der Waals surface area contributed by atoms with Gasteiger partial charge in [-0.25, -0.2) is 8.42 Å². The minimum Gasteiger partial charge on any atom is -0.372 e. The summed E-state index contributed by atoms with van der Waals surface area (Å²) in [4.78, 5) is 28.8. The van der Waals surface area contributed by atoms with E-state index in [4.69, 9.17) is 0 Å². The van der Waals surface area contributed by atoms with Gasteiger partial charge in [0.15, 0.2) is 17.6 Å². The van der Waals surface area contributed by atoms with Gasteiger partial charge in [-0.3, -0.25) is 9.59 Å². The summed E-state index contributed by atoms with van der Waals surface area (Å²) in [6, 6.07) is 16.3. The predicted octanol–water partition coefficient (Wildman–Crippen LogP) is 3.90. The molecule has 0 radical (unpaired) electrons. The fourth-order valence-corrected chi connectivity index (χ4v) is 6.16. The summed E-state index contributed by atoms with van der Waals surface area (Å²) in [5, 5.41) is 1.83. The lowest BCUT2D eigenvalue weighted by molar-refractivity contribution is 0.0784. The van der Waals surface area contributed by atoms with Gasteiger partial charge in [0, 0.05) is 37.0 Å². The van der Waals surface area contributed by atoms with E-state index in [9.17, 15) is 18.0 Å². The zero-order chi connectivity index (χ0) is 22.5.